The molecule has 0 fully saturated rings. The van der Waals surface area contributed by atoms with Gasteiger partial charge in [-0.1, -0.05) is 18.2 Å². The van der Waals surface area contributed by atoms with Gasteiger partial charge in [0.25, 0.3) is 5.56 Å². The SMILES string of the molecule is Cc1ccccc1-n1c(C=Cc2cscn2)nc2ccsc2c1=O. The maximum atomic E-state index is 13.0. The van der Waals surface area contributed by atoms with E-state index in [1.165, 1.54) is 22.7 Å². The summed E-state index contributed by atoms with van der Waals surface area (Å²) in [4.78, 5) is 21.9. The molecule has 24 heavy (non-hydrogen) atoms. The fourth-order valence-corrected chi connectivity index (χ4v) is 3.83. The molecule has 0 radical (unpaired) electrons. The lowest BCUT2D eigenvalue weighted by Gasteiger charge is -2.12. The average molecular weight is 351 g/mol. The Labute approximate surface area is 146 Å². The van der Waals surface area contributed by atoms with Gasteiger partial charge in [-0.05, 0) is 42.2 Å². The van der Waals surface area contributed by atoms with Crippen LogP contribution in [0.1, 0.15) is 17.1 Å². The fourth-order valence-electron chi connectivity index (χ4n) is 2.55. The number of nitrogens with zero attached hydrogens (tertiary/aromatic N) is 3. The van der Waals surface area contributed by atoms with Crippen LogP contribution in [0.4, 0.5) is 0 Å². The molecule has 4 nitrogen and oxygen atoms in total. The van der Waals surface area contributed by atoms with Crippen molar-refractivity contribution < 1.29 is 0 Å². The summed E-state index contributed by atoms with van der Waals surface area (Å²) in [6, 6.07) is 9.71. The lowest BCUT2D eigenvalue weighted by atomic mass is 10.2. The number of rotatable bonds is 3. The van der Waals surface area contributed by atoms with Crippen molar-refractivity contribution in [1.82, 2.24) is 14.5 Å². The predicted octanol–water partition coefficient (Wildman–Crippen LogP) is 4.38. The Hall–Kier alpha value is -2.57. The Morgan fingerprint density at radius 2 is 2.04 bits per heavy atom. The highest BCUT2D eigenvalue weighted by molar-refractivity contribution is 7.17. The maximum absolute atomic E-state index is 13.0. The molecule has 0 saturated heterocycles. The Balaban J connectivity index is 1.99. The van der Waals surface area contributed by atoms with Crippen LogP contribution in [-0.2, 0) is 0 Å². The number of thiazole rings is 1. The van der Waals surface area contributed by atoms with Gasteiger partial charge < -0.3 is 0 Å². The highest BCUT2D eigenvalue weighted by Crippen LogP contribution is 2.20. The summed E-state index contributed by atoms with van der Waals surface area (Å²) in [6.07, 6.45) is 3.73. The van der Waals surface area contributed by atoms with E-state index in [0.717, 1.165) is 22.5 Å². The van der Waals surface area contributed by atoms with E-state index in [1.807, 2.05) is 60.2 Å². The van der Waals surface area contributed by atoms with Gasteiger partial charge in [0.1, 0.15) is 10.5 Å². The molecule has 0 aliphatic carbocycles. The second-order valence-corrected chi connectivity index (χ2v) is 6.91. The number of aromatic nitrogens is 3. The van der Waals surface area contributed by atoms with E-state index in [0.29, 0.717) is 10.5 Å². The summed E-state index contributed by atoms with van der Waals surface area (Å²) >= 11 is 2.96. The normalized spacial score (nSPS) is 11.5. The van der Waals surface area contributed by atoms with Gasteiger partial charge in [-0.2, -0.15) is 0 Å². The number of hydrogen-bond donors (Lipinski definition) is 0. The molecule has 4 aromatic rings. The highest BCUT2D eigenvalue weighted by atomic mass is 32.1. The molecule has 118 valence electrons. The molecule has 4 rings (SSSR count). The van der Waals surface area contributed by atoms with E-state index in [2.05, 4.69) is 9.97 Å². The van der Waals surface area contributed by atoms with E-state index in [-0.39, 0.29) is 5.56 Å². The molecule has 0 aliphatic rings. The first-order valence-electron chi connectivity index (χ1n) is 7.36. The minimum absolute atomic E-state index is 0.0396. The molecule has 0 saturated carbocycles. The Kier molecular flexibility index (Phi) is 3.84. The standard InChI is InChI=1S/C18H13N3OS2/c1-12-4-2-3-5-15(12)21-16(7-6-13-10-23-11-19-13)20-14-8-9-24-17(14)18(21)22/h2-11H,1H3. The zero-order chi connectivity index (χ0) is 16.5. The van der Waals surface area contributed by atoms with E-state index in [9.17, 15) is 4.79 Å². The highest BCUT2D eigenvalue weighted by Gasteiger charge is 2.13. The molecule has 3 aromatic heterocycles. The number of thiophene rings is 1. The minimum atomic E-state index is -0.0396. The molecule has 0 atom stereocenters. The van der Waals surface area contributed by atoms with Crippen molar-refractivity contribution in [3.63, 3.8) is 0 Å². The van der Waals surface area contributed by atoms with Gasteiger partial charge in [-0.25, -0.2) is 9.97 Å². The Morgan fingerprint density at radius 1 is 1.17 bits per heavy atom. The smallest absolute Gasteiger partial charge is 0.267 e. The zero-order valence-electron chi connectivity index (χ0n) is 12.8. The zero-order valence-corrected chi connectivity index (χ0v) is 14.5. The number of benzene rings is 1. The molecule has 0 bridgehead atoms. The largest absolute Gasteiger partial charge is 0.276 e. The predicted molar refractivity (Wildman–Crippen MR) is 101 cm³/mol. The van der Waals surface area contributed by atoms with Crippen LogP contribution in [0.25, 0.3) is 28.1 Å². The van der Waals surface area contributed by atoms with Crippen LogP contribution in [-0.4, -0.2) is 14.5 Å². The van der Waals surface area contributed by atoms with E-state index < -0.39 is 0 Å². The number of hydrogen-bond acceptors (Lipinski definition) is 5. The second-order valence-electron chi connectivity index (χ2n) is 5.28. The third-order valence-corrected chi connectivity index (χ3v) is 5.21. The molecule has 1 aromatic carbocycles. The van der Waals surface area contributed by atoms with Crippen molar-refractivity contribution in [3.05, 3.63) is 74.0 Å². The lowest BCUT2D eigenvalue weighted by Crippen LogP contribution is -2.22. The minimum Gasteiger partial charge on any atom is -0.267 e. The first-order chi connectivity index (χ1) is 11.7. The van der Waals surface area contributed by atoms with Gasteiger partial charge in [-0.3, -0.25) is 9.36 Å². The third kappa shape index (κ3) is 2.60. The van der Waals surface area contributed by atoms with Gasteiger partial charge in [0.15, 0.2) is 0 Å². The Morgan fingerprint density at radius 3 is 2.83 bits per heavy atom. The van der Waals surface area contributed by atoms with Gasteiger partial charge >= 0.3 is 0 Å². The topological polar surface area (TPSA) is 47.8 Å². The van der Waals surface area contributed by atoms with Crippen molar-refractivity contribution >= 4 is 45.0 Å². The number of para-hydroxylation sites is 1. The van der Waals surface area contributed by atoms with Crippen molar-refractivity contribution in [2.45, 2.75) is 6.92 Å². The number of aryl methyl sites for hydroxylation is 1. The third-order valence-electron chi connectivity index (χ3n) is 3.72. The van der Waals surface area contributed by atoms with Crippen molar-refractivity contribution in [1.29, 1.82) is 0 Å². The Bertz CT molecular complexity index is 1090. The summed E-state index contributed by atoms with van der Waals surface area (Å²) in [7, 11) is 0. The molecule has 6 heteroatoms. The van der Waals surface area contributed by atoms with Gasteiger partial charge in [0.05, 0.1) is 22.4 Å². The molecular formula is C18H13N3OS2. The average Bonchev–Trinajstić information content (AvgIpc) is 3.25. The first-order valence-corrected chi connectivity index (χ1v) is 9.19. The summed E-state index contributed by atoms with van der Waals surface area (Å²) < 4.78 is 2.35. The summed E-state index contributed by atoms with van der Waals surface area (Å²) in [6.45, 7) is 1.99. The van der Waals surface area contributed by atoms with Crippen LogP contribution < -0.4 is 5.56 Å². The van der Waals surface area contributed by atoms with Crippen molar-refractivity contribution in [2.24, 2.45) is 0 Å². The van der Waals surface area contributed by atoms with Gasteiger partial charge in [0.2, 0.25) is 0 Å². The monoisotopic (exact) mass is 351 g/mol. The number of fused-ring (bicyclic) bond motifs is 1. The molecule has 0 unspecified atom stereocenters. The van der Waals surface area contributed by atoms with Crippen molar-refractivity contribution in [3.8, 4) is 5.69 Å². The molecule has 0 spiro atoms. The van der Waals surface area contributed by atoms with E-state index >= 15 is 0 Å². The fraction of sp³-hybridized carbons (Fsp3) is 0.0556. The van der Waals surface area contributed by atoms with E-state index in [1.54, 1.807) is 10.1 Å². The van der Waals surface area contributed by atoms with Gasteiger partial charge in [-0.15, -0.1) is 22.7 Å². The first kappa shape index (κ1) is 15.0. The molecule has 0 aliphatic heterocycles. The molecule has 0 amide bonds. The lowest BCUT2D eigenvalue weighted by molar-refractivity contribution is 0.938. The molecular weight excluding hydrogens is 338 g/mol. The second kappa shape index (κ2) is 6.14. The summed E-state index contributed by atoms with van der Waals surface area (Å²) in [5.41, 5.74) is 5.21. The maximum Gasteiger partial charge on any atom is 0.276 e. The quantitative estimate of drug-likeness (QED) is 0.550. The van der Waals surface area contributed by atoms with Crippen LogP contribution in [0, 0.1) is 6.92 Å². The van der Waals surface area contributed by atoms with Crippen LogP contribution in [0.5, 0.6) is 0 Å². The summed E-state index contributed by atoms with van der Waals surface area (Å²) in [5.74, 6) is 0.605. The van der Waals surface area contributed by atoms with Crippen LogP contribution in [0.3, 0.4) is 0 Å². The van der Waals surface area contributed by atoms with E-state index in [4.69, 9.17) is 0 Å². The molecule has 0 N–H and O–H groups in total. The van der Waals surface area contributed by atoms with Gasteiger partial charge in [0, 0.05) is 5.38 Å². The summed E-state index contributed by atoms with van der Waals surface area (Å²) in [5, 5.41) is 3.85. The van der Waals surface area contributed by atoms with Crippen LogP contribution in [0.15, 0.2) is 51.4 Å². The molecule has 3 heterocycles. The van der Waals surface area contributed by atoms with Crippen LogP contribution in [0.2, 0.25) is 0 Å². The van der Waals surface area contributed by atoms with Crippen molar-refractivity contribution in [2.75, 3.05) is 0 Å². The van der Waals surface area contributed by atoms with Crippen LogP contribution >= 0.6 is 22.7 Å².